The molecule has 1 aliphatic rings. The van der Waals surface area contributed by atoms with Crippen molar-refractivity contribution in [3.05, 3.63) is 52.4 Å². The van der Waals surface area contributed by atoms with Crippen LogP contribution < -0.4 is 5.32 Å². The van der Waals surface area contributed by atoms with E-state index in [0.717, 1.165) is 25.7 Å². The number of hydrogen-bond acceptors (Lipinski definition) is 4. The van der Waals surface area contributed by atoms with Crippen LogP contribution in [0.2, 0.25) is 5.02 Å². The van der Waals surface area contributed by atoms with Crippen molar-refractivity contribution in [3.8, 4) is 0 Å². The minimum absolute atomic E-state index is 0.000871. The lowest BCUT2D eigenvalue weighted by Gasteiger charge is -2.23. The first-order chi connectivity index (χ1) is 12.5. The van der Waals surface area contributed by atoms with E-state index in [9.17, 15) is 13.2 Å². The highest BCUT2D eigenvalue weighted by molar-refractivity contribution is 7.93. The Morgan fingerprint density at radius 1 is 1.15 bits per heavy atom. The van der Waals surface area contributed by atoms with Crippen LogP contribution in [-0.4, -0.2) is 20.9 Å². The molecule has 1 amide bonds. The molecule has 1 atom stereocenters. The summed E-state index contributed by atoms with van der Waals surface area (Å²) in [5.74, 6) is -0.0379. The van der Waals surface area contributed by atoms with Crippen molar-refractivity contribution in [1.29, 1.82) is 0 Å². The van der Waals surface area contributed by atoms with Crippen LogP contribution in [0, 0.1) is 5.92 Å². The van der Waals surface area contributed by atoms with Crippen LogP contribution in [0.5, 0.6) is 0 Å². The molecule has 0 spiro atoms. The molecule has 7 heteroatoms. The van der Waals surface area contributed by atoms with Crippen LogP contribution in [0.3, 0.4) is 0 Å². The molecule has 4 nitrogen and oxygen atoms in total. The second kappa shape index (κ2) is 8.55. The first-order valence-corrected chi connectivity index (χ1v) is 11.6. The van der Waals surface area contributed by atoms with Crippen molar-refractivity contribution >= 4 is 38.7 Å². The quantitative estimate of drug-likeness (QED) is 0.754. The number of amides is 1. The number of halogens is 1. The van der Waals surface area contributed by atoms with Gasteiger partial charge in [-0.15, -0.1) is 11.3 Å². The molecule has 1 aromatic carbocycles. The second-order valence-electron chi connectivity index (χ2n) is 6.60. The molecule has 0 saturated heterocycles. The van der Waals surface area contributed by atoms with Crippen molar-refractivity contribution in [2.45, 2.75) is 41.6 Å². The normalized spacial score (nSPS) is 17.0. The SMILES string of the molecule is O=C(NC[C@H](c1ccc(Cl)cc1)S(=O)(=O)c1cccs1)C1CCCCC1. The predicted octanol–water partition coefficient (Wildman–Crippen LogP) is 4.61. The van der Waals surface area contributed by atoms with Crippen LogP contribution in [0.25, 0.3) is 0 Å². The third-order valence-corrected chi connectivity index (χ3v) is 8.61. The third-order valence-electron chi connectivity index (χ3n) is 4.83. The van der Waals surface area contributed by atoms with Crippen molar-refractivity contribution in [1.82, 2.24) is 5.32 Å². The summed E-state index contributed by atoms with van der Waals surface area (Å²) in [5.41, 5.74) is 0.631. The molecule has 140 valence electrons. The maximum atomic E-state index is 13.1. The van der Waals surface area contributed by atoms with Gasteiger partial charge in [-0.3, -0.25) is 4.79 Å². The lowest BCUT2D eigenvalue weighted by atomic mass is 9.88. The Balaban J connectivity index is 1.81. The van der Waals surface area contributed by atoms with Gasteiger partial charge in [-0.2, -0.15) is 0 Å². The topological polar surface area (TPSA) is 63.2 Å². The summed E-state index contributed by atoms with van der Waals surface area (Å²) in [4.78, 5) is 12.5. The van der Waals surface area contributed by atoms with Crippen LogP contribution >= 0.6 is 22.9 Å². The Bertz CT molecular complexity index is 826. The fourth-order valence-corrected chi connectivity index (χ4v) is 6.34. The lowest BCUT2D eigenvalue weighted by Crippen LogP contribution is -2.36. The van der Waals surface area contributed by atoms with Crippen LogP contribution in [0.4, 0.5) is 0 Å². The van der Waals surface area contributed by atoms with Crippen LogP contribution in [0.15, 0.2) is 46.0 Å². The highest BCUT2D eigenvalue weighted by Crippen LogP contribution is 2.32. The number of thiophene rings is 1. The van der Waals surface area contributed by atoms with E-state index in [4.69, 9.17) is 11.6 Å². The number of nitrogens with one attached hydrogen (secondary N) is 1. The van der Waals surface area contributed by atoms with E-state index in [-0.39, 0.29) is 18.4 Å². The molecule has 0 aliphatic heterocycles. The zero-order valence-corrected chi connectivity index (χ0v) is 16.7. The van der Waals surface area contributed by atoms with Gasteiger partial charge < -0.3 is 5.32 Å². The number of rotatable bonds is 6. The van der Waals surface area contributed by atoms with E-state index in [1.165, 1.54) is 17.8 Å². The largest absolute Gasteiger partial charge is 0.354 e. The lowest BCUT2D eigenvalue weighted by molar-refractivity contribution is -0.125. The maximum Gasteiger partial charge on any atom is 0.223 e. The molecule has 1 N–H and O–H groups in total. The van der Waals surface area contributed by atoms with E-state index >= 15 is 0 Å². The molecule has 0 bridgehead atoms. The summed E-state index contributed by atoms with van der Waals surface area (Å²) in [6.07, 6.45) is 5.06. The van der Waals surface area contributed by atoms with Gasteiger partial charge in [-0.05, 0) is 42.0 Å². The van der Waals surface area contributed by atoms with E-state index in [1.54, 1.807) is 41.8 Å². The highest BCUT2D eigenvalue weighted by Gasteiger charge is 2.31. The summed E-state index contributed by atoms with van der Waals surface area (Å²) in [6.45, 7) is 0.0667. The van der Waals surface area contributed by atoms with Gasteiger partial charge in [0.05, 0.1) is 0 Å². The summed E-state index contributed by atoms with van der Waals surface area (Å²) in [6, 6.07) is 10.1. The fourth-order valence-electron chi connectivity index (χ4n) is 3.35. The summed E-state index contributed by atoms with van der Waals surface area (Å²) in [5, 5.41) is 4.35. The Morgan fingerprint density at radius 2 is 1.85 bits per heavy atom. The first-order valence-electron chi connectivity index (χ1n) is 8.79. The van der Waals surface area contributed by atoms with Crippen LogP contribution in [-0.2, 0) is 14.6 Å². The zero-order valence-electron chi connectivity index (χ0n) is 14.4. The molecular weight excluding hydrogens is 390 g/mol. The number of benzene rings is 1. The summed E-state index contributed by atoms with van der Waals surface area (Å²) >= 11 is 7.13. The van der Waals surface area contributed by atoms with E-state index in [0.29, 0.717) is 14.8 Å². The molecule has 1 fully saturated rings. The second-order valence-corrected chi connectivity index (χ2v) is 10.3. The average molecular weight is 412 g/mol. The van der Waals surface area contributed by atoms with E-state index < -0.39 is 15.1 Å². The zero-order chi connectivity index (χ0) is 18.6. The van der Waals surface area contributed by atoms with Gasteiger partial charge in [0, 0.05) is 17.5 Å². The minimum atomic E-state index is -3.59. The molecule has 0 unspecified atom stereocenters. The monoisotopic (exact) mass is 411 g/mol. The van der Waals surface area contributed by atoms with Gasteiger partial charge in [0.2, 0.25) is 5.91 Å². The molecule has 3 rings (SSSR count). The molecule has 1 aliphatic carbocycles. The number of sulfone groups is 1. The molecule has 26 heavy (non-hydrogen) atoms. The van der Waals surface area contributed by atoms with Gasteiger partial charge in [0.25, 0.3) is 0 Å². The van der Waals surface area contributed by atoms with Crippen LogP contribution in [0.1, 0.15) is 42.9 Å². The van der Waals surface area contributed by atoms with Gasteiger partial charge in [-0.25, -0.2) is 8.42 Å². The third kappa shape index (κ3) is 4.48. The van der Waals surface area contributed by atoms with E-state index in [2.05, 4.69) is 5.32 Å². The van der Waals surface area contributed by atoms with Crippen molar-refractivity contribution < 1.29 is 13.2 Å². The number of carbonyl (C=O) groups excluding carboxylic acids is 1. The highest BCUT2D eigenvalue weighted by atomic mass is 35.5. The van der Waals surface area contributed by atoms with Gasteiger partial charge in [0.1, 0.15) is 9.46 Å². The molecular formula is C19H22ClNO3S2. The van der Waals surface area contributed by atoms with Crippen molar-refractivity contribution in [3.63, 3.8) is 0 Å². The maximum absolute atomic E-state index is 13.1. The standard InChI is InChI=1S/C19H22ClNO3S2/c20-16-10-8-14(9-11-16)17(26(23,24)18-7-4-12-25-18)13-21-19(22)15-5-2-1-3-6-15/h4,7-12,15,17H,1-3,5-6,13H2,(H,21,22)/t17-/m1/s1. The molecule has 1 aromatic heterocycles. The molecule has 1 saturated carbocycles. The number of hydrogen-bond donors (Lipinski definition) is 1. The average Bonchev–Trinajstić information content (AvgIpc) is 3.19. The van der Waals surface area contributed by atoms with Gasteiger partial charge in [0.15, 0.2) is 9.84 Å². The molecule has 2 aromatic rings. The van der Waals surface area contributed by atoms with E-state index in [1.807, 2.05) is 0 Å². The van der Waals surface area contributed by atoms with Crippen molar-refractivity contribution in [2.24, 2.45) is 5.92 Å². The first kappa shape index (κ1) is 19.4. The Kier molecular flexibility index (Phi) is 6.37. The Hall–Kier alpha value is -1.37. The summed E-state index contributed by atoms with van der Waals surface area (Å²) < 4.78 is 26.5. The van der Waals surface area contributed by atoms with Gasteiger partial charge >= 0.3 is 0 Å². The smallest absolute Gasteiger partial charge is 0.223 e. The number of carbonyl (C=O) groups is 1. The van der Waals surface area contributed by atoms with Crippen molar-refractivity contribution in [2.75, 3.05) is 6.54 Å². The van der Waals surface area contributed by atoms with Gasteiger partial charge in [-0.1, -0.05) is 49.1 Å². The molecule has 1 heterocycles. The summed E-state index contributed by atoms with van der Waals surface area (Å²) in [7, 11) is -3.59. The minimum Gasteiger partial charge on any atom is -0.354 e. The Morgan fingerprint density at radius 3 is 2.46 bits per heavy atom. The fraction of sp³-hybridized carbons (Fsp3) is 0.421. The molecule has 0 radical (unpaired) electrons. The Labute approximate surface area is 163 Å². The predicted molar refractivity (Wildman–Crippen MR) is 105 cm³/mol.